The highest BCUT2D eigenvalue weighted by atomic mass is 19.4. The Balaban J connectivity index is 1.99. The van der Waals surface area contributed by atoms with Gasteiger partial charge in [-0.15, -0.1) is 0 Å². The van der Waals surface area contributed by atoms with Gasteiger partial charge >= 0.3 is 6.18 Å². The summed E-state index contributed by atoms with van der Waals surface area (Å²) < 4.78 is 39.2. The normalized spacial score (nSPS) is 13.6. The molecule has 0 spiro atoms. The zero-order chi connectivity index (χ0) is 15.6. The van der Waals surface area contributed by atoms with Gasteiger partial charge in [-0.05, 0) is 26.8 Å². The summed E-state index contributed by atoms with van der Waals surface area (Å²) in [5.74, 6) is 0. The molecule has 0 aliphatic carbocycles. The van der Waals surface area contributed by atoms with Crippen LogP contribution in [-0.2, 0) is 19.3 Å². The van der Waals surface area contributed by atoms with Crippen LogP contribution in [0.15, 0.2) is 12.3 Å². The molecule has 0 bridgehead atoms. The highest BCUT2D eigenvalue weighted by molar-refractivity contribution is 5.20. The average Bonchev–Trinajstić information content (AvgIpc) is 3.01. The van der Waals surface area contributed by atoms with Gasteiger partial charge in [0.05, 0.1) is 5.69 Å². The molecule has 8 heteroatoms. The highest BCUT2D eigenvalue weighted by Gasteiger charge is 2.33. The Morgan fingerprint density at radius 3 is 2.67 bits per heavy atom. The summed E-state index contributed by atoms with van der Waals surface area (Å²) >= 11 is 0. The van der Waals surface area contributed by atoms with Crippen molar-refractivity contribution in [1.29, 1.82) is 0 Å². The minimum atomic E-state index is -4.42. The molecule has 0 amide bonds. The van der Waals surface area contributed by atoms with Crippen molar-refractivity contribution in [3.63, 3.8) is 0 Å². The number of aryl methyl sites for hydroxylation is 2. The van der Waals surface area contributed by atoms with Crippen molar-refractivity contribution < 1.29 is 13.2 Å². The van der Waals surface area contributed by atoms with Crippen LogP contribution in [0.4, 0.5) is 13.2 Å². The average molecular weight is 301 g/mol. The highest BCUT2D eigenvalue weighted by Crippen LogP contribution is 2.27. The maximum Gasteiger partial charge on any atom is 0.435 e. The number of halogens is 3. The van der Waals surface area contributed by atoms with E-state index in [1.165, 1.54) is 0 Å². The number of aromatic nitrogens is 4. The molecule has 0 aromatic carbocycles. The van der Waals surface area contributed by atoms with Gasteiger partial charge in [-0.2, -0.15) is 23.4 Å². The van der Waals surface area contributed by atoms with Gasteiger partial charge in [0.15, 0.2) is 5.69 Å². The van der Waals surface area contributed by atoms with Crippen LogP contribution in [0.3, 0.4) is 0 Å². The molecule has 1 unspecified atom stereocenters. The van der Waals surface area contributed by atoms with Crippen LogP contribution in [0.25, 0.3) is 0 Å². The number of H-pyrrole nitrogens is 1. The van der Waals surface area contributed by atoms with Crippen molar-refractivity contribution in [3.8, 4) is 0 Å². The van der Waals surface area contributed by atoms with Gasteiger partial charge in [0.1, 0.15) is 0 Å². The standard InChI is InChI=1S/C13H18F3N5/c1-4-21-7-11(9(3)20-21)8(2)17-6-10-5-12(19-18-10)13(14,15)16/h5,7-8,17H,4,6H2,1-3H3,(H,18,19). The second-order valence-electron chi connectivity index (χ2n) is 4.90. The maximum atomic E-state index is 12.4. The van der Waals surface area contributed by atoms with E-state index in [-0.39, 0.29) is 12.6 Å². The number of hydrogen-bond acceptors (Lipinski definition) is 3. The van der Waals surface area contributed by atoms with E-state index in [0.29, 0.717) is 5.69 Å². The Bertz CT molecular complexity index is 599. The van der Waals surface area contributed by atoms with Gasteiger partial charge in [0.25, 0.3) is 0 Å². The molecule has 1 atom stereocenters. The summed E-state index contributed by atoms with van der Waals surface area (Å²) in [5, 5.41) is 13.2. The smallest absolute Gasteiger partial charge is 0.304 e. The van der Waals surface area contributed by atoms with E-state index in [9.17, 15) is 13.2 Å². The predicted molar refractivity (Wildman–Crippen MR) is 71.5 cm³/mol. The lowest BCUT2D eigenvalue weighted by Crippen LogP contribution is -2.18. The number of hydrogen-bond donors (Lipinski definition) is 2. The van der Waals surface area contributed by atoms with Crippen LogP contribution >= 0.6 is 0 Å². The van der Waals surface area contributed by atoms with Crippen molar-refractivity contribution in [2.24, 2.45) is 0 Å². The molecule has 0 aliphatic heterocycles. The summed E-state index contributed by atoms with van der Waals surface area (Å²) in [5.41, 5.74) is 1.45. The van der Waals surface area contributed by atoms with E-state index in [1.54, 1.807) is 0 Å². The summed E-state index contributed by atoms with van der Waals surface area (Å²) in [6.07, 6.45) is -2.47. The Morgan fingerprint density at radius 1 is 1.43 bits per heavy atom. The molecule has 21 heavy (non-hydrogen) atoms. The molecule has 0 saturated heterocycles. The SMILES string of the molecule is CCn1cc(C(C)NCc2cc(C(F)(F)F)n[nH]2)c(C)n1. The molecular formula is C13H18F3N5. The van der Waals surface area contributed by atoms with E-state index in [1.807, 2.05) is 31.6 Å². The number of rotatable bonds is 5. The van der Waals surface area contributed by atoms with Crippen LogP contribution in [0, 0.1) is 6.92 Å². The molecule has 5 nitrogen and oxygen atoms in total. The number of nitrogens with one attached hydrogen (secondary N) is 2. The van der Waals surface area contributed by atoms with E-state index in [0.717, 1.165) is 23.9 Å². The fraction of sp³-hybridized carbons (Fsp3) is 0.538. The van der Waals surface area contributed by atoms with E-state index < -0.39 is 11.9 Å². The zero-order valence-corrected chi connectivity index (χ0v) is 12.1. The Morgan fingerprint density at radius 2 is 2.14 bits per heavy atom. The largest absolute Gasteiger partial charge is 0.435 e. The fourth-order valence-electron chi connectivity index (χ4n) is 2.09. The summed E-state index contributed by atoms with van der Waals surface area (Å²) in [6.45, 7) is 6.92. The van der Waals surface area contributed by atoms with Crippen molar-refractivity contribution in [3.05, 3.63) is 34.9 Å². The van der Waals surface area contributed by atoms with Gasteiger partial charge in [0.2, 0.25) is 0 Å². The van der Waals surface area contributed by atoms with Crippen LogP contribution in [0.2, 0.25) is 0 Å². The third kappa shape index (κ3) is 3.63. The quantitative estimate of drug-likeness (QED) is 0.893. The van der Waals surface area contributed by atoms with E-state index in [2.05, 4.69) is 20.6 Å². The van der Waals surface area contributed by atoms with Gasteiger partial charge < -0.3 is 5.32 Å². The van der Waals surface area contributed by atoms with Crippen molar-refractivity contribution in [2.45, 2.75) is 46.1 Å². The van der Waals surface area contributed by atoms with Gasteiger partial charge in [0, 0.05) is 36.6 Å². The van der Waals surface area contributed by atoms with Crippen LogP contribution in [-0.4, -0.2) is 20.0 Å². The third-order valence-corrected chi connectivity index (χ3v) is 3.29. The zero-order valence-electron chi connectivity index (χ0n) is 12.1. The number of nitrogens with zero attached hydrogens (tertiary/aromatic N) is 3. The fourth-order valence-corrected chi connectivity index (χ4v) is 2.09. The Labute approximate surface area is 120 Å². The summed E-state index contributed by atoms with van der Waals surface area (Å²) in [7, 11) is 0. The first-order valence-corrected chi connectivity index (χ1v) is 6.70. The first-order valence-electron chi connectivity index (χ1n) is 6.70. The number of aromatic amines is 1. The third-order valence-electron chi connectivity index (χ3n) is 3.29. The number of alkyl halides is 3. The molecule has 2 aromatic rings. The molecule has 0 aliphatic rings. The first-order chi connectivity index (χ1) is 9.81. The molecule has 0 fully saturated rings. The second kappa shape index (κ2) is 5.88. The Kier molecular flexibility index (Phi) is 4.36. The van der Waals surface area contributed by atoms with Crippen molar-refractivity contribution in [1.82, 2.24) is 25.3 Å². The summed E-state index contributed by atoms with van der Waals surface area (Å²) in [6, 6.07) is 1.00. The molecule has 0 saturated carbocycles. The lowest BCUT2D eigenvalue weighted by atomic mass is 10.1. The minimum Gasteiger partial charge on any atom is -0.304 e. The minimum absolute atomic E-state index is 0.0112. The summed E-state index contributed by atoms with van der Waals surface area (Å²) in [4.78, 5) is 0. The van der Waals surface area contributed by atoms with Crippen LogP contribution < -0.4 is 5.32 Å². The molecule has 0 radical (unpaired) electrons. The topological polar surface area (TPSA) is 58.5 Å². The lowest BCUT2D eigenvalue weighted by Gasteiger charge is -2.12. The van der Waals surface area contributed by atoms with Gasteiger partial charge in [-0.1, -0.05) is 0 Å². The molecule has 2 heterocycles. The molecular weight excluding hydrogens is 283 g/mol. The lowest BCUT2D eigenvalue weighted by molar-refractivity contribution is -0.141. The van der Waals surface area contributed by atoms with E-state index in [4.69, 9.17) is 0 Å². The van der Waals surface area contributed by atoms with Gasteiger partial charge in [-0.25, -0.2) is 0 Å². The molecule has 2 N–H and O–H groups in total. The Hall–Kier alpha value is -1.83. The van der Waals surface area contributed by atoms with Crippen molar-refractivity contribution in [2.75, 3.05) is 0 Å². The monoisotopic (exact) mass is 301 g/mol. The van der Waals surface area contributed by atoms with Gasteiger partial charge in [-0.3, -0.25) is 9.78 Å². The van der Waals surface area contributed by atoms with E-state index >= 15 is 0 Å². The maximum absolute atomic E-state index is 12.4. The second-order valence-corrected chi connectivity index (χ2v) is 4.90. The molecule has 2 rings (SSSR count). The van der Waals surface area contributed by atoms with Crippen molar-refractivity contribution >= 4 is 0 Å². The van der Waals surface area contributed by atoms with Crippen LogP contribution in [0.1, 0.15) is 42.5 Å². The van der Waals surface area contributed by atoms with Crippen LogP contribution in [0.5, 0.6) is 0 Å². The predicted octanol–water partition coefficient (Wildman–Crippen LogP) is 2.80. The molecule has 2 aromatic heterocycles. The first kappa shape index (κ1) is 15.6. The molecule has 116 valence electrons.